The first-order valence-electron chi connectivity index (χ1n) is 5.99. The van der Waals surface area contributed by atoms with Crippen molar-refractivity contribution in [2.45, 2.75) is 12.8 Å². The minimum atomic E-state index is 0.224. The van der Waals surface area contributed by atoms with Gasteiger partial charge in [-0.1, -0.05) is 29.8 Å². The Morgan fingerprint density at radius 3 is 2.89 bits per heavy atom. The molecule has 1 aliphatic heterocycles. The average Bonchev–Trinajstić information content (AvgIpc) is 2.41. The second-order valence-corrected chi connectivity index (χ2v) is 4.84. The van der Waals surface area contributed by atoms with Gasteiger partial charge in [0.25, 0.3) is 0 Å². The Balaban J connectivity index is 2.19. The average molecular weight is 261 g/mol. The number of halogens is 1. The molecule has 1 aliphatic rings. The summed E-state index contributed by atoms with van der Waals surface area (Å²) in [5.41, 5.74) is 2.83. The van der Waals surface area contributed by atoms with E-state index in [9.17, 15) is 5.11 Å². The second kappa shape index (κ2) is 4.54. The molecule has 18 heavy (non-hydrogen) atoms. The van der Waals surface area contributed by atoms with Crippen LogP contribution in [0.1, 0.15) is 12.0 Å². The third-order valence-electron chi connectivity index (χ3n) is 3.18. The molecule has 0 unspecified atom stereocenters. The lowest BCUT2D eigenvalue weighted by Gasteiger charge is -2.20. The predicted molar refractivity (Wildman–Crippen MR) is 72.4 cm³/mol. The van der Waals surface area contributed by atoms with Gasteiger partial charge in [-0.15, -0.1) is 0 Å². The molecule has 2 aromatic rings. The molecule has 0 saturated heterocycles. The molecule has 1 N–H and O–H groups in total. The van der Waals surface area contributed by atoms with Crippen molar-refractivity contribution in [2.75, 3.05) is 6.61 Å². The van der Waals surface area contributed by atoms with Crippen molar-refractivity contribution in [1.82, 2.24) is 0 Å². The number of hydrogen-bond donors (Lipinski definition) is 1. The van der Waals surface area contributed by atoms with Gasteiger partial charge in [0.15, 0.2) is 0 Å². The number of fused-ring (bicyclic) bond motifs is 1. The van der Waals surface area contributed by atoms with Gasteiger partial charge in [-0.3, -0.25) is 0 Å². The highest BCUT2D eigenvalue weighted by Gasteiger charge is 2.17. The maximum absolute atomic E-state index is 9.98. The van der Waals surface area contributed by atoms with Crippen molar-refractivity contribution in [3.05, 3.63) is 47.0 Å². The molecule has 2 nitrogen and oxygen atoms in total. The number of hydrogen-bond acceptors (Lipinski definition) is 2. The van der Waals surface area contributed by atoms with Crippen molar-refractivity contribution < 1.29 is 9.84 Å². The molecular weight excluding hydrogens is 248 g/mol. The van der Waals surface area contributed by atoms with Crippen LogP contribution >= 0.6 is 11.6 Å². The Labute approximate surface area is 111 Å². The Morgan fingerprint density at radius 2 is 2.00 bits per heavy atom. The first-order chi connectivity index (χ1) is 8.75. The van der Waals surface area contributed by atoms with Gasteiger partial charge in [0, 0.05) is 16.1 Å². The fourth-order valence-electron chi connectivity index (χ4n) is 2.33. The largest absolute Gasteiger partial charge is 0.507 e. The van der Waals surface area contributed by atoms with Crippen molar-refractivity contribution in [1.29, 1.82) is 0 Å². The first-order valence-corrected chi connectivity index (χ1v) is 6.37. The van der Waals surface area contributed by atoms with Gasteiger partial charge in [0.05, 0.1) is 6.61 Å². The van der Waals surface area contributed by atoms with E-state index in [2.05, 4.69) is 6.07 Å². The van der Waals surface area contributed by atoms with Crippen LogP contribution in [0.4, 0.5) is 0 Å². The minimum Gasteiger partial charge on any atom is -0.507 e. The van der Waals surface area contributed by atoms with E-state index >= 15 is 0 Å². The van der Waals surface area contributed by atoms with Crippen LogP contribution in [0.2, 0.25) is 5.02 Å². The molecule has 0 spiro atoms. The molecule has 0 bridgehead atoms. The molecule has 0 amide bonds. The van der Waals surface area contributed by atoms with E-state index in [1.54, 1.807) is 18.2 Å². The summed E-state index contributed by atoms with van der Waals surface area (Å²) in [6.45, 7) is 0.728. The van der Waals surface area contributed by atoms with Gasteiger partial charge in [0.1, 0.15) is 11.5 Å². The van der Waals surface area contributed by atoms with E-state index in [0.29, 0.717) is 5.02 Å². The Kier molecular flexibility index (Phi) is 2.88. The van der Waals surface area contributed by atoms with E-state index < -0.39 is 0 Å². The lowest BCUT2D eigenvalue weighted by atomic mass is 9.97. The number of phenolic OH excluding ortho intramolecular Hbond substituents is 1. The summed E-state index contributed by atoms with van der Waals surface area (Å²) in [5.74, 6) is 1.10. The van der Waals surface area contributed by atoms with Gasteiger partial charge in [-0.05, 0) is 36.6 Å². The lowest BCUT2D eigenvalue weighted by Crippen LogP contribution is -2.09. The summed E-state index contributed by atoms with van der Waals surface area (Å²) in [6, 6.07) is 11.1. The number of benzene rings is 2. The summed E-state index contributed by atoms with van der Waals surface area (Å²) >= 11 is 6.00. The third kappa shape index (κ3) is 1.93. The molecule has 3 heteroatoms. The zero-order valence-corrected chi connectivity index (χ0v) is 10.6. The molecule has 0 aliphatic carbocycles. The smallest absolute Gasteiger partial charge is 0.130 e. The SMILES string of the molecule is Oc1ccc(Cl)cc1-c1cccc2c1OCCC2. The van der Waals surface area contributed by atoms with Crippen LogP contribution in [0.5, 0.6) is 11.5 Å². The number of aromatic hydroxyl groups is 1. The molecule has 92 valence electrons. The monoisotopic (exact) mass is 260 g/mol. The highest BCUT2D eigenvalue weighted by Crippen LogP contribution is 2.40. The maximum atomic E-state index is 9.98. The fourth-order valence-corrected chi connectivity index (χ4v) is 2.50. The highest BCUT2D eigenvalue weighted by atomic mass is 35.5. The fraction of sp³-hybridized carbons (Fsp3) is 0.200. The molecule has 1 heterocycles. The number of ether oxygens (including phenoxy) is 1. The Bertz CT molecular complexity index is 593. The molecular formula is C15H13ClO2. The molecule has 3 rings (SSSR count). The maximum Gasteiger partial charge on any atom is 0.130 e. The van der Waals surface area contributed by atoms with E-state index in [0.717, 1.165) is 36.3 Å². The zero-order chi connectivity index (χ0) is 12.5. The Morgan fingerprint density at radius 1 is 1.11 bits per heavy atom. The van der Waals surface area contributed by atoms with E-state index in [4.69, 9.17) is 16.3 Å². The van der Waals surface area contributed by atoms with Gasteiger partial charge < -0.3 is 9.84 Å². The van der Waals surface area contributed by atoms with Gasteiger partial charge in [0.2, 0.25) is 0 Å². The topological polar surface area (TPSA) is 29.5 Å². The summed E-state index contributed by atoms with van der Waals surface area (Å²) in [5, 5.41) is 10.6. The van der Waals surface area contributed by atoms with Crippen molar-refractivity contribution in [3.63, 3.8) is 0 Å². The number of phenols is 1. The van der Waals surface area contributed by atoms with Gasteiger partial charge >= 0.3 is 0 Å². The van der Waals surface area contributed by atoms with Crippen LogP contribution in [0.15, 0.2) is 36.4 Å². The molecule has 0 fully saturated rings. The summed E-state index contributed by atoms with van der Waals surface area (Å²) in [4.78, 5) is 0. The van der Waals surface area contributed by atoms with Crippen LogP contribution in [0.3, 0.4) is 0 Å². The molecule has 0 aromatic heterocycles. The van der Waals surface area contributed by atoms with Crippen LogP contribution < -0.4 is 4.74 Å². The van der Waals surface area contributed by atoms with E-state index in [-0.39, 0.29) is 5.75 Å². The normalized spacial score (nSPS) is 13.8. The van der Waals surface area contributed by atoms with Crippen LogP contribution in [0.25, 0.3) is 11.1 Å². The van der Waals surface area contributed by atoms with Gasteiger partial charge in [-0.25, -0.2) is 0 Å². The van der Waals surface area contributed by atoms with Crippen LogP contribution in [-0.4, -0.2) is 11.7 Å². The lowest BCUT2D eigenvalue weighted by molar-refractivity contribution is 0.289. The van der Waals surface area contributed by atoms with E-state index in [1.807, 2.05) is 12.1 Å². The summed E-state index contributed by atoms with van der Waals surface area (Å²) < 4.78 is 5.75. The number of para-hydroxylation sites is 1. The quantitative estimate of drug-likeness (QED) is 0.839. The molecule has 0 saturated carbocycles. The van der Waals surface area contributed by atoms with Crippen molar-refractivity contribution in [2.24, 2.45) is 0 Å². The van der Waals surface area contributed by atoms with Crippen molar-refractivity contribution in [3.8, 4) is 22.6 Å². The molecule has 2 aromatic carbocycles. The summed E-state index contributed by atoms with van der Waals surface area (Å²) in [6.07, 6.45) is 2.06. The molecule has 0 atom stereocenters. The van der Waals surface area contributed by atoms with E-state index in [1.165, 1.54) is 5.56 Å². The standard InChI is InChI=1S/C15H13ClO2/c16-11-6-7-14(17)13(9-11)12-5-1-3-10-4-2-8-18-15(10)12/h1,3,5-7,9,17H,2,4,8H2. The molecule has 0 radical (unpaired) electrons. The first kappa shape index (κ1) is 11.4. The summed E-state index contributed by atoms with van der Waals surface area (Å²) in [7, 11) is 0. The zero-order valence-electron chi connectivity index (χ0n) is 9.82. The third-order valence-corrected chi connectivity index (χ3v) is 3.42. The van der Waals surface area contributed by atoms with Gasteiger partial charge in [-0.2, -0.15) is 0 Å². The van der Waals surface area contributed by atoms with Crippen molar-refractivity contribution >= 4 is 11.6 Å². The number of rotatable bonds is 1. The number of aryl methyl sites for hydroxylation is 1. The highest BCUT2D eigenvalue weighted by molar-refractivity contribution is 6.31. The predicted octanol–water partition coefficient (Wildman–Crippen LogP) is 4.04. The van der Waals surface area contributed by atoms with Crippen LogP contribution in [-0.2, 0) is 6.42 Å². The Hall–Kier alpha value is -1.67. The second-order valence-electron chi connectivity index (χ2n) is 4.41. The minimum absolute atomic E-state index is 0.224. The van der Waals surface area contributed by atoms with Crippen LogP contribution in [0, 0.1) is 0 Å².